The van der Waals surface area contributed by atoms with Crippen LogP contribution in [0.2, 0.25) is 0 Å². The summed E-state index contributed by atoms with van der Waals surface area (Å²) in [6.45, 7) is 1.28. The lowest BCUT2D eigenvalue weighted by molar-refractivity contribution is -0.144. The summed E-state index contributed by atoms with van der Waals surface area (Å²) in [7, 11) is 0. The van der Waals surface area contributed by atoms with Gasteiger partial charge in [0, 0.05) is 31.7 Å². The number of carboxylic acids is 1. The summed E-state index contributed by atoms with van der Waals surface area (Å²) in [5, 5.41) is 16.0. The first kappa shape index (κ1) is 16.0. The van der Waals surface area contributed by atoms with Crippen LogP contribution in [0, 0.1) is 11.8 Å². The summed E-state index contributed by atoms with van der Waals surface area (Å²) in [6, 6.07) is 0. The second-order valence-electron chi connectivity index (χ2n) is 6.24. The van der Waals surface area contributed by atoms with E-state index in [1.807, 2.05) is 0 Å². The molecule has 23 heavy (non-hydrogen) atoms. The number of hydrogen-bond donors (Lipinski definition) is 2. The van der Waals surface area contributed by atoms with Crippen LogP contribution < -0.4 is 5.32 Å². The Balaban J connectivity index is 1.62. The molecule has 1 unspecified atom stereocenters. The highest BCUT2D eigenvalue weighted by atomic mass is 16.5. The molecule has 1 amide bonds. The van der Waals surface area contributed by atoms with Crippen molar-refractivity contribution in [1.82, 2.24) is 10.5 Å². The molecule has 126 valence electrons. The number of ether oxygens (including phenoxy) is 1. The maximum Gasteiger partial charge on any atom is 0.308 e. The Bertz CT molecular complexity index is 577. The SMILES string of the molecule is O=C(NCC(C(=O)O)C1CCOCC1)c1noc2c1CCCC2. The number of aryl methyl sites for hydroxylation is 1. The predicted molar refractivity (Wildman–Crippen MR) is 80.1 cm³/mol. The lowest BCUT2D eigenvalue weighted by atomic mass is 9.86. The fraction of sp³-hybridized carbons (Fsp3) is 0.688. The Morgan fingerprint density at radius 2 is 2.00 bits per heavy atom. The minimum atomic E-state index is -0.876. The number of aromatic nitrogens is 1. The first-order valence-electron chi connectivity index (χ1n) is 8.23. The predicted octanol–water partition coefficient (Wildman–Crippen LogP) is 1.41. The monoisotopic (exact) mass is 322 g/mol. The van der Waals surface area contributed by atoms with Gasteiger partial charge in [0.1, 0.15) is 5.76 Å². The Hall–Kier alpha value is -1.89. The van der Waals surface area contributed by atoms with E-state index in [9.17, 15) is 14.7 Å². The van der Waals surface area contributed by atoms with Gasteiger partial charge in [-0.1, -0.05) is 5.16 Å². The number of carbonyl (C=O) groups excluding carboxylic acids is 1. The highest BCUT2D eigenvalue weighted by molar-refractivity contribution is 5.94. The fourth-order valence-corrected chi connectivity index (χ4v) is 3.42. The van der Waals surface area contributed by atoms with Crippen LogP contribution in [0.3, 0.4) is 0 Å². The van der Waals surface area contributed by atoms with Crippen molar-refractivity contribution in [2.24, 2.45) is 11.8 Å². The van der Waals surface area contributed by atoms with E-state index in [2.05, 4.69) is 10.5 Å². The van der Waals surface area contributed by atoms with Crippen LogP contribution in [-0.2, 0) is 22.4 Å². The highest BCUT2D eigenvalue weighted by Gasteiger charge is 2.31. The van der Waals surface area contributed by atoms with E-state index in [-0.39, 0.29) is 18.4 Å². The zero-order chi connectivity index (χ0) is 16.2. The summed E-state index contributed by atoms with van der Waals surface area (Å²) in [4.78, 5) is 23.8. The molecule has 1 aromatic heterocycles. The smallest absolute Gasteiger partial charge is 0.308 e. The number of nitrogens with one attached hydrogen (secondary N) is 1. The largest absolute Gasteiger partial charge is 0.481 e. The quantitative estimate of drug-likeness (QED) is 0.850. The van der Waals surface area contributed by atoms with Crippen LogP contribution in [0.15, 0.2) is 4.52 Å². The number of hydrogen-bond acceptors (Lipinski definition) is 5. The van der Waals surface area contributed by atoms with E-state index >= 15 is 0 Å². The zero-order valence-corrected chi connectivity index (χ0v) is 13.0. The van der Waals surface area contributed by atoms with Gasteiger partial charge in [-0.25, -0.2) is 0 Å². The topological polar surface area (TPSA) is 102 Å². The third kappa shape index (κ3) is 3.55. The lowest BCUT2D eigenvalue weighted by Gasteiger charge is -2.27. The number of rotatable bonds is 5. The molecule has 0 spiro atoms. The van der Waals surface area contributed by atoms with Gasteiger partial charge in [0.2, 0.25) is 0 Å². The molecule has 1 fully saturated rings. The molecular formula is C16H22N2O5. The first-order valence-corrected chi connectivity index (χ1v) is 8.23. The van der Waals surface area contributed by atoms with Crippen molar-refractivity contribution in [3.63, 3.8) is 0 Å². The summed E-state index contributed by atoms with van der Waals surface area (Å²) < 4.78 is 10.5. The van der Waals surface area contributed by atoms with Crippen molar-refractivity contribution >= 4 is 11.9 Å². The summed E-state index contributed by atoms with van der Waals surface area (Å²) in [6.07, 6.45) is 5.11. The van der Waals surface area contributed by atoms with Gasteiger partial charge < -0.3 is 19.7 Å². The van der Waals surface area contributed by atoms with E-state index < -0.39 is 11.9 Å². The molecule has 2 N–H and O–H groups in total. The molecule has 0 aromatic carbocycles. The minimum absolute atomic E-state index is 0.0350. The van der Waals surface area contributed by atoms with Gasteiger partial charge in [-0.2, -0.15) is 0 Å². The van der Waals surface area contributed by atoms with E-state index in [1.165, 1.54) is 0 Å². The van der Waals surface area contributed by atoms with Crippen LogP contribution in [0.25, 0.3) is 0 Å². The number of carbonyl (C=O) groups is 2. The van der Waals surface area contributed by atoms with E-state index in [1.54, 1.807) is 0 Å². The fourth-order valence-electron chi connectivity index (χ4n) is 3.42. The van der Waals surface area contributed by atoms with Crippen LogP contribution in [0.4, 0.5) is 0 Å². The average Bonchev–Trinajstić information content (AvgIpc) is 2.99. The van der Waals surface area contributed by atoms with Crippen molar-refractivity contribution in [1.29, 1.82) is 0 Å². The molecule has 1 aromatic rings. The van der Waals surface area contributed by atoms with Crippen LogP contribution in [0.1, 0.15) is 47.5 Å². The molecule has 1 aliphatic heterocycles. The van der Waals surface area contributed by atoms with Gasteiger partial charge in [-0.05, 0) is 38.0 Å². The van der Waals surface area contributed by atoms with E-state index in [0.29, 0.717) is 31.7 Å². The average molecular weight is 322 g/mol. The number of aliphatic carboxylic acids is 1. The summed E-state index contributed by atoms with van der Waals surface area (Å²) >= 11 is 0. The molecule has 7 nitrogen and oxygen atoms in total. The number of amides is 1. The van der Waals surface area contributed by atoms with E-state index in [4.69, 9.17) is 9.26 Å². The molecular weight excluding hydrogens is 300 g/mol. The Morgan fingerprint density at radius 3 is 2.74 bits per heavy atom. The number of nitrogens with zero attached hydrogens (tertiary/aromatic N) is 1. The van der Waals surface area contributed by atoms with Crippen molar-refractivity contribution in [3.05, 3.63) is 17.0 Å². The Labute approximate surface area is 134 Å². The third-order valence-corrected chi connectivity index (χ3v) is 4.80. The molecule has 3 rings (SSSR count). The summed E-state index contributed by atoms with van der Waals surface area (Å²) in [5.41, 5.74) is 1.20. The Morgan fingerprint density at radius 1 is 1.26 bits per heavy atom. The van der Waals surface area contributed by atoms with Crippen LogP contribution in [0.5, 0.6) is 0 Å². The van der Waals surface area contributed by atoms with Crippen LogP contribution >= 0.6 is 0 Å². The second kappa shape index (κ2) is 7.12. The molecule has 1 atom stereocenters. The maximum atomic E-state index is 12.3. The molecule has 0 saturated carbocycles. The molecule has 2 heterocycles. The van der Waals surface area contributed by atoms with Crippen LogP contribution in [-0.4, -0.2) is 41.9 Å². The lowest BCUT2D eigenvalue weighted by Crippen LogP contribution is -2.39. The molecule has 2 aliphatic rings. The standard InChI is InChI=1S/C16H22N2O5/c19-15(14-11-3-1-2-4-13(11)23-18-14)17-9-12(16(20)21)10-5-7-22-8-6-10/h10,12H,1-9H2,(H,17,19)(H,20,21). The highest BCUT2D eigenvalue weighted by Crippen LogP contribution is 2.25. The third-order valence-electron chi connectivity index (χ3n) is 4.80. The molecule has 1 saturated heterocycles. The van der Waals surface area contributed by atoms with Gasteiger partial charge >= 0.3 is 5.97 Å². The van der Waals surface area contributed by atoms with Crippen molar-refractivity contribution in [2.45, 2.75) is 38.5 Å². The second-order valence-corrected chi connectivity index (χ2v) is 6.24. The van der Waals surface area contributed by atoms with Crippen molar-refractivity contribution < 1.29 is 24.0 Å². The number of fused-ring (bicyclic) bond motifs is 1. The number of carboxylic acid groups (broad SMARTS) is 1. The molecule has 0 bridgehead atoms. The van der Waals surface area contributed by atoms with Gasteiger partial charge in [-0.3, -0.25) is 9.59 Å². The van der Waals surface area contributed by atoms with Gasteiger partial charge in [0.15, 0.2) is 5.69 Å². The minimum Gasteiger partial charge on any atom is -0.481 e. The van der Waals surface area contributed by atoms with Crippen molar-refractivity contribution in [2.75, 3.05) is 19.8 Å². The maximum absolute atomic E-state index is 12.3. The molecule has 7 heteroatoms. The molecule has 1 aliphatic carbocycles. The van der Waals surface area contributed by atoms with E-state index in [0.717, 1.165) is 37.0 Å². The zero-order valence-electron chi connectivity index (χ0n) is 13.0. The first-order chi connectivity index (χ1) is 11.2. The van der Waals surface area contributed by atoms with Gasteiger partial charge in [0.05, 0.1) is 5.92 Å². The summed E-state index contributed by atoms with van der Waals surface area (Å²) in [5.74, 6) is -0.978. The normalized spacial score (nSPS) is 19.8. The van der Waals surface area contributed by atoms with Crippen molar-refractivity contribution in [3.8, 4) is 0 Å². The Kier molecular flexibility index (Phi) is 4.95. The van der Waals surface area contributed by atoms with Gasteiger partial charge in [-0.15, -0.1) is 0 Å². The molecule has 0 radical (unpaired) electrons. The van der Waals surface area contributed by atoms with Gasteiger partial charge in [0.25, 0.3) is 5.91 Å².